The van der Waals surface area contributed by atoms with Gasteiger partial charge in [-0.15, -0.1) is 11.8 Å². The topological polar surface area (TPSA) is 38.0 Å². The molecule has 0 radical (unpaired) electrons. The molecule has 2 aromatic rings. The molecule has 2 unspecified atom stereocenters. The molecule has 0 spiro atoms. The van der Waals surface area contributed by atoms with E-state index in [1.807, 2.05) is 41.2 Å². The van der Waals surface area contributed by atoms with Crippen LogP contribution in [0.15, 0.2) is 41.4 Å². The first kappa shape index (κ1) is 16.4. The minimum absolute atomic E-state index is 0.397. The third-order valence-electron chi connectivity index (χ3n) is 3.41. The monoisotopic (exact) mass is 324 g/mol. The van der Waals surface area contributed by atoms with Gasteiger partial charge in [0.25, 0.3) is 0 Å². The number of aliphatic hydroxyl groups excluding tert-OH is 1. The second-order valence-corrected chi connectivity index (χ2v) is 6.70. The van der Waals surface area contributed by atoms with Crippen molar-refractivity contribution in [1.82, 2.24) is 9.78 Å². The Morgan fingerprint density at radius 1 is 1.29 bits per heavy atom. The van der Waals surface area contributed by atoms with Gasteiger partial charge in [-0.05, 0) is 43.7 Å². The van der Waals surface area contributed by atoms with Crippen molar-refractivity contribution in [1.29, 1.82) is 0 Å². The van der Waals surface area contributed by atoms with Gasteiger partial charge in [-0.2, -0.15) is 5.10 Å². The number of benzene rings is 1. The van der Waals surface area contributed by atoms with Crippen LogP contribution in [0.1, 0.15) is 32.0 Å². The van der Waals surface area contributed by atoms with Crippen LogP contribution < -0.4 is 0 Å². The lowest BCUT2D eigenvalue weighted by molar-refractivity contribution is 0.198. The van der Waals surface area contributed by atoms with E-state index in [1.54, 1.807) is 11.8 Å². The molecular formula is C16H21ClN2OS. The summed E-state index contributed by atoms with van der Waals surface area (Å²) in [7, 11) is 0. The average molecular weight is 325 g/mol. The first-order valence-electron chi connectivity index (χ1n) is 7.19. The van der Waals surface area contributed by atoms with Crippen LogP contribution in [-0.4, -0.2) is 26.7 Å². The van der Waals surface area contributed by atoms with Gasteiger partial charge in [0.05, 0.1) is 11.8 Å². The van der Waals surface area contributed by atoms with E-state index in [1.165, 1.54) is 0 Å². The zero-order valence-corrected chi connectivity index (χ0v) is 13.9. The minimum Gasteiger partial charge on any atom is -0.392 e. The van der Waals surface area contributed by atoms with E-state index in [9.17, 15) is 5.11 Å². The first-order chi connectivity index (χ1) is 10.1. The Labute approximate surface area is 135 Å². The second kappa shape index (κ2) is 7.87. The molecule has 0 bridgehead atoms. The average Bonchev–Trinajstić information content (AvgIpc) is 2.94. The molecule has 0 fully saturated rings. The zero-order valence-electron chi connectivity index (χ0n) is 12.4. The number of halogens is 1. The summed E-state index contributed by atoms with van der Waals surface area (Å²) in [6, 6.07) is 10.1. The van der Waals surface area contributed by atoms with E-state index in [2.05, 4.69) is 18.9 Å². The highest BCUT2D eigenvalue weighted by molar-refractivity contribution is 7.99. The third-order valence-corrected chi connectivity index (χ3v) is 4.82. The Morgan fingerprint density at radius 2 is 2.00 bits per heavy atom. The van der Waals surface area contributed by atoms with Gasteiger partial charge in [0.2, 0.25) is 0 Å². The molecule has 2 atom stereocenters. The Balaban J connectivity index is 1.82. The van der Waals surface area contributed by atoms with Crippen LogP contribution in [0.4, 0.5) is 0 Å². The molecule has 0 aliphatic rings. The van der Waals surface area contributed by atoms with Crippen molar-refractivity contribution in [2.75, 3.05) is 5.75 Å². The quantitative estimate of drug-likeness (QED) is 0.775. The smallest absolute Gasteiger partial charge is 0.0690 e. The molecule has 3 nitrogen and oxygen atoms in total. The van der Waals surface area contributed by atoms with Crippen LogP contribution >= 0.6 is 23.4 Å². The van der Waals surface area contributed by atoms with E-state index in [0.29, 0.717) is 18.2 Å². The van der Waals surface area contributed by atoms with Crippen molar-refractivity contribution >= 4 is 23.4 Å². The summed E-state index contributed by atoms with van der Waals surface area (Å²) < 4.78 is 1.97. The lowest BCUT2D eigenvalue weighted by Gasteiger charge is -2.10. The van der Waals surface area contributed by atoms with Gasteiger partial charge in [0.15, 0.2) is 0 Å². The number of nitrogens with zero attached hydrogens (tertiary/aromatic N) is 2. The van der Waals surface area contributed by atoms with Crippen molar-refractivity contribution in [3.8, 4) is 0 Å². The van der Waals surface area contributed by atoms with Gasteiger partial charge in [0, 0.05) is 34.3 Å². The molecule has 5 heteroatoms. The maximum Gasteiger partial charge on any atom is 0.0690 e. The minimum atomic E-state index is -0.397. The van der Waals surface area contributed by atoms with Crippen molar-refractivity contribution < 1.29 is 5.11 Å². The van der Waals surface area contributed by atoms with E-state index >= 15 is 0 Å². The summed E-state index contributed by atoms with van der Waals surface area (Å²) in [6.45, 7) is 4.28. The number of hydrogen-bond donors (Lipinski definition) is 1. The van der Waals surface area contributed by atoms with E-state index < -0.39 is 6.10 Å². The highest BCUT2D eigenvalue weighted by atomic mass is 35.5. The van der Waals surface area contributed by atoms with Crippen LogP contribution in [0.25, 0.3) is 0 Å². The van der Waals surface area contributed by atoms with Gasteiger partial charge >= 0.3 is 0 Å². The van der Waals surface area contributed by atoms with Crippen LogP contribution in [0, 0.1) is 0 Å². The highest BCUT2D eigenvalue weighted by Gasteiger charge is 2.10. The van der Waals surface area contributed by atoms with Crippen LogP contribution in [0.5, 0.6) is 0 Å². The molecule has 1 heterocycles. The fourth-order valence-electron chi connectivity index (χ4n) is 1.94. The molecule has 21 heavy (non-hydrogen) atoms. The SMILES string of the molecule is CCC(C)n1ccc(CC(O)CSc2ccc(Cl)cc2)n1. The van der Waals surface area contributed by atoms with Crippen molar-refractivity contribution in [3.05, 3.63) is 47.2 Å². The molecule has 0 saturated carbocycles. The maximum absolute atomic E-state index is 10.1. The third kappa shape index (κ3) is 5.06. The predicted molar refractivity (Wildman–Crippen MR) is 89.1 cm³/mol. The van der Waals surface area contributed by atoms with Crippen molar-refractivity contribution in [2.45, 2.75) is 43.7 Å². The van der Waals surface area contributed by atoms with Crippen molar-refractivity contribution in [2.24, 2.45) is 0 Å². The summed E-state index contributed by atoms with van der Waals surface area (Å²) in [6.07, 6.45) is 3.23. The summed E-state index contributed by atoms with van der Waals surface area (Å²) in [5.74, 6) is 0.651. The highest BCUT2D eigenvalue weighted by Crippen LogP contribution is 2.21. The Hall–Kier alpha value is -0.970. The fraction of sp³-hybridized carbons (Fsp3) is 0.438. The van der Waals surface area contributed by atoms with Gasteiger partial charge in [-0.25, -0.2) is 0 Å². The normalized spacial score (nSPS) is 14.1. The number of hydrogen-bond acceptors (Lipinski definition) is 3. The lowest BCUT2D eigenvalue weighted by Crippen LogP contribution is -2.14. The molecule has 1 aromatic carbocycles. The van der Waals surface area contributed by atoms with Crippen LogP contribution in [0.2, 0.25) is 5.02 Å². The standard InChI is InChI=1S/C16H21ClN2OS/c1-3-12(2)19-9-8-14(18-19)10-15(20)11-21-16-6-4-13(17)5-7-16/h4-9,12,15,20H,3,10-11H2,1-2H3. The second-order valence-electron chi connectivity index (χ2n) is 5.17. The lowest BCUT2D eigenvalue weighted by atomic mass is 10.2. The summed E-state index contributed by atoms with van der Waals surface area (Å²) in [4.78, 5) is 1.11. The van der Waals surface area contributed by atoms with E-state index in [-0.39, 0.29) is 0 Å². The number of aliphatic hydroxyl groups is 1. The summed E-state index contributed by atoms with van der Waals surface area (Å²) in [5.41, 5.74) is 0.944. The number of aromatic nitrogens is 2. The number of thioether (sulfide) groups is 1. The maximum atomic E-state index is 10.1. The fourth-order valence-corrected chi connectivity index (χ4v) is 2.90. The van der Waals surface area contributed by atoms with Crippen molar-refractivity contribution in [3.63, 3.8) is 0 Å². The molecule has 0 amide bonds. The van der Waals surface area contributed by atoms with Gasteiger partial charge in [-0.1, -0.05) is 18.5 Å². The van der Waals surface area contributed by atoms with Crippen LogP contribution in [-0.2, 0) is 6.42 Å². The molecule has 1 N–H and O–H groups in total. The van der Waals surface area contributed by atoms with Crippen LogP contribution in [0.3, 0.4) is 0 Å². The number of rotatable bonds is 7. The summed E-state index contributed by atoms with van der Waals surface area (Å²) in [5, 5.41) is 15.4. The first-order valence-corrected chi connectivity index (χ1v) is 8.55. The molecule has 0 aliphatic heterocycles. The molecular weight excluding hydrogens is 304 g/mol. The van der Waals surface area contributed by atoms with E-state index in [0.717, 1.165) is 22.0 Å². The Morgan fingerprint density at radius 3 is 2.67 bits per heavy atom. The Bertz CT molecular complexity index is 556. The molecule has 0 aliphatic carbocycles. The zero-order chi connectivity index (χ0) is 15.2. The Kier molecular flexibility index (Phi) is 6.15. The van der Waals surface area contributed by atoms with E-state index in [4.69, 9.17) is 11.6 Å². The molecule has 1 aromatic heterocycles. The molecule has 2 rings (SSSR count). The molecule has 0 saturated heterocycles. The van der Waals surface area contributed by atoms with Gasteiger partial charge in [0.1, 0.15) is 0 Å². The van der Waals surface area contributed by atoms with Gasteiger partial charge < -0.3 is 5.11 Å². The molecule has 114 valence electrons. The largest absolute Gasteiger partial charge is 0.392 e. The predicted octanol–water partition coefficient (Wildman–Crippen LogP) is 4.20. The summed E-state index contributed by atoms with van der Waals surface area (Å²) >= 11 is 7.48. The van der Waals surface area contributed by atoms with Gasteiger partial charge in [-0.3, -0.25) is 4.68 Å².